The third-order valence-electron chi connectivity index (χ3n) is 4.56. The molecule has 12 heteroatoms. The summed E-state index contributed by atoms with van der Waals surface area (Å²) < 4.78 is 54.4. The van der Waals surface area contributed by atoms with E-state index in [9.17, 15) is 27.2 Å². The second kappa shape index (κ2) is 7.25. The number of thioether (sulfide) groups is 1. The molecule has 0 spiro atoms. The lowest BCUT2D eigenvalue weighted by atomic mass is 9.89. The van der Waals surface area contributed by atoms with Crippen LogP contribution in [0.15, 0.2) is 28.0 Å². The smallest absolute Gasteiger partial charge is 0.379 e. The summed E-state index contributed by atoms with van der Waals surface area (Å²) in [7, 11) is 1.06. The number of aliphatic imine (C=N–C) groups is 1. The number of aryl methyl sites for hydroxylation is 1. The van der Waals surface area contributed by atoms with Crippen molar-refractivity contribution in [3.63, 3.8) is 0 Å². The lowest BCUT2D eigenvalue weighted by molar-refractivity contribution is -0.141. The maximum absolute atomic E-state index is 14.4. The van der Waals surface area contributed by atoms with E-state index in [4.69, 9.17) is 5.73 Å². The van der Waals surface area contributed by atoms with E-state index in [-0.39, 0.29) is 11.3 Å². The molecule has 1 unspecified atom stereocenters. The molecular weight excluding hydrogens is 414 g/mol. The topological polar surface area (TPSA) is 105 Å². The largest absolute Gasteiger partial charge is 0.433 e. The summed E-state index contributed by atoms with van der Waals surface area (Å²) in [6, 6.07) is 3.54. The number of amidine groups is 1. The van der Waals surface area contributed by atoms with Crippen molar-refractivity contribution in [2.75, 3.05) is 11.1 Å². The Hall–Kier alpha value is -2.76. The number of aromatic amines is 1. The van der Waals surface area contributed by atoms with Crippen LogP contribution in [-0.4, -0.2) is 26.6 Å². The molecule has 1 aromatic carbocycles. The Morgan fingerprint density at radius 1 is 1.41 bits per heavy atom. The number of H-pyrrole nitrogens is 1. The molecule has 0 radical (unpaired) electrons. The first-order valence-electron chi connectivity index (χ1n) is 8.38. The normalized spacial score (nSPS) is 19.7. The van der Waals surface area contributed by atoms with Gasteiger partial charge in [-0.25, -0.2) is 4.39 Å². The molecule has 0 saturated heterocycles. The zero-order valence-electron chi connectivity index (χ0n) is 15.4. The lowest BCUT2D eigenvalue weighted by Crippen LogP contribution is -2.30. The van der Waals surface area contributed by atoms with Crippen LogP contribution in [0.3, 0.4) is 0 Å². The van der Waals surface area contributed by atoms with Gasteiger partial charge in [-0.3, -0.25) is 24.4 Å². The van der Waals surface area contributed by atoms with Gasteiger partial charge in [-0.1, -0.05) is 11.8 Å². The Kier molecular flexibility index (Phi) is 5.24. The van der Waals surface area contributed by atoms with Crippen molar-refractivity contribution in [1.82, 2.24) is 9.78 Å². The summed E-state index contributed by atoms with van der Waals surface area (Å²) >= 11 is 1.33. The summed E-state index contributed by atoms with van der Waals surface area (Å²) in [5, 5.41) is 4.35. The van der Waals surface area contributed by atoms with Crippen LogP contribution in [0.4, 0.5) is 23.2 Å². The predicted octanol–water partition coefficient (Wildman–Crippen LogP) is 2.79. The number of aromatic nitrogens is 2. The number of carbonyl (C=O) groups excluding carboxylic acids is 1. The Bertz CT molecular complexity index is 1060. The molecule has 0 saturated carbocycles. The van der Waals surface area contributed by atoms with Crippen molar-refractivity contribution in [2.24, 2.45) is 17.8 Å². The molecule has 1 aliphatic heterocycles. The molecule has 2 aromatic rings. The van der Waals surface area contributed by atoms with Gasteiger partial charge in [-0.05, 0) is 31.5 Å². The van der Waals surface area contributed by atoms with Crippen LogP contribution >= 0.6 is 11.8 Å². The van der Waals surface area contributed by atoms with Gasteiger partial charge in [-0.2, -0.15) is 13.2 Å². The van der Waals surface area contributed by atoms with Gasteiger partial charge in [0.05, 0.1) is 5.54 Å². The molecule has 156 valence electrons. The molecule has 1 aliphatic rings. The van der Waals surface area contributed by atoms with Gasteiger partial charge in [0.2, 0.25) is 0 Å². The van der Waals surface area contributed by atoms with Gasteiger partial charge in [0.25, 0.3) is 11.5 Å². The first-order valence-corrected chi connectivity index (χ1v) is 9.36. The van der Waals surface area contributed by atoms with Gasteiger partial charge < -0.3 is 11.1 Å². The highest BCUT2D eigenvalue weighted by atomic mass is 32.2. The second-order valence-corrected chi connectivity index (χ2v) is 7.81. The molecule has 1 aromatic heterocycles. The quantitative estimate of drug-likeness (QED) is 0.650. The number of anilines is 1. The van der Waals surface area contributed by atoms with E-state index in [0.29, 0.717) is 22.0 Å². The van der Waals surface area contributed by atoms with Crippen LogP contribution in [0.1, 0.15) is 35.0 Å². The van der Waals surface area contributed by atoms with E-state index < -0.39 is 40.3 Å². The van der Waals surface area contributed by atoms with Crippen LogP contribution in [0, 0.1) is 5.82 Å². The predicted molar refractivity (Wildman–Crippen MR) is 101 cm³/mol. The summed E-state index contributed by atoms with van der Waals surface area (Å²) in [5.41, 5.74) is 1.25. The molecule has 29 heavy (non-hydrogen) atoms. The zero-order valence-corrected chi connectivity index (χ0v) is 16.2. The molecule has 2 heterocycles. The van der Waals surface area contributed by atoms with Crippen LogP contribution in [0.2, 0.25) is 0 Å². The summed E-state index contributed by atoms with van der Waals surface area (Å²) in [5.74, 6) is -1.25. The Labute approximate surface area is 166 Å². The minimum atomic E-state index is -4.93. The Morgan fingerprint density at radius 3 is 2.72 bits per heavy atom. The van der Waals surface area contributed by atoms with Gasteiger partial charge in [0, 0.05) is 24.1 Å². The van der Waals surface area contributed by atoms with Crippen LogP contribution in [-0.2, 0) is 18.8 Å². The van der Waals surface area contributed by atoms with Gasteiger partial charge in [-0.15, -0.1) is 0 Å². The fourth-order valence-corrected chi connectivity index (χ4v) is 4.03. The van der Waals surface area contributed by atoms with E-state index in [0.717, 1.165) is 13.1 Å². The number of rotatable bonds is 3. The first kappa shape index (κ1) is 21.0. The van der Waals surface area contributed by atoms with E-state index in [2.05, 4.69) is 10.3 Å². The average Bonchev–Trinajstić information content (AvgIpc) is 2.92. The number of hydrogen-bond donors (Lipinski definition) is 3. The molecule has 3 rings (SSSR count). The molecule has 1 atom stereocenters. The molecule has 1 amide bonds. The standard InChI is InChI=1S/C17H17F4N5O2S/c1-16(5-6-29-15(22)24-16)9-7-8(3-4-10(9)18)23-13(27)11-12(17(19,20)21)25-26(2)14(11)28/h3-4,7,25H,5-6H2,1-2H3,(H2,22,24)(H,23,27). The van der Waals surface area contributed by atoms with Crippen LogP contribution in [0.25, 0.3) is 0 Å². The summed E-state index contributed by atoms with van der Waals surface area (Å²) in [6.45, 7) is 1.67. The molecule has 4 N–H and O–H groups in total. The number of carbonyl (C=O) groups is 1. The van der Waals surface area contributed by atoms with Gasteiger partial charge >= 0.3 is 6.18 Å². The van der Waals surface area contributed by atoms with Crippen LogP contribution < -0.4 is 16.6 Å². The van der Waals surface area contributed by atoms with E-state index in [1.54, 1.807) is 6.92 Å². The monoisotopic (exact) mass is 431 g/mol. The number of nitrogens with two attached hydrogens (primary N) is 1. The van der Waals surface area contributed by atoms with Crippen LogP contribution in [0.5, 0.6) is 0 Å². The number of hydrogen-bond acceptors (Lipinski definition) is 5. The number of benzene rings is 1. The molecular formula is C17H17F4N5O2S. The molecule has 0 aliphatic carbocycles. The van der Waals surface area contributed by atoms with Crippen molar-refractivity contribution in [1.29, 1.82) is 0 Å². The van der Waals surface area contributed by atoms with Crippen molar-refractivity contribution < 1.29 is 22.4 Å². The minimum absolute atomic E-state index is 0.0241. The molecule has 0 bridgehead atoms. The lowest BCUT2D eigenvalue weighted by Gasteiger charge is -2.30. The number of amides is 1. The first-order chi connectivity index (χ1) is 13.4. The Balaban J connectivity index is 1.98. The highest BCUT2D eigenvalue weighted by Crippen LogP contribution is 2.37. The summed E-state index contributed by atoms with van der Waals surface area (Å²) in [4.78, 5) is 28.7. The van der Waals surface area contributed by atoms with E-state index in [1.165, 1.54) is 23.9 Å². The third-order valence-corrected chi connectivity index (χ3v) is 5.35. The highest BCUT2D eigenvalue weighted by molar-refractivity contribution is 8.13. The molecule has 0 fully saturated rings. The number of nitrogens with one attached hydrogen (secondary N) is 2. The maximum atomic E-state index is 14.4. The minimum Gasteiger partial charge on any atom is -0.379 e. The fourth-order valence-electron chi connectivity index (χ4n) is 3.05. The zero-order chi connectivity index (χ0) is 21.6. The summed E-state index contributed by atoms with van der Waals surface area (Å²) in [6.07, 6.45) is -4.45. The van der Waals surface area contributed by atoms with Crippen molar-refractivity contribution in [2.45, 2.75) is 25.1 Å². The average molecular weight is 431 g/mol. The number of halogens is 4. The van der Waals surface area contributed by atoms with E-state index in [1.807, 2.05) is 5.10 Å². The van der Waals surface area contributed by atoms with Gasteiger partial charge in [0.15, 0.2) is 10.9 Å². The highest BCUT2D eigenvalue weighted by Gasteiger charge is 2.40. The Morgan fingerprint density at radius 2 is 2.10 bits per heavy atom. The third kappa shape index (κ3) is 4.02. The second-order valence-electron chi connectivity index (χ2n) is 6.69. The van der Waals surface area contributed by atoms with Crippen molar-refractivity contribution in [3.05, 3.63) is 51.2 Å². The van der Waals surface area contributed by atoms with E-state index >= 15 is 0 Å². The van der Waals surface area contributed by atoms with Crippen molar-refractivity contribution >= 4 is 28.5 Å². The number of nitrogens with zero attached hydrogens (tertiary/aromatic N) is 2. The van der Waals surface area contributed by atoms with Crippen molar-refractivity contribution in [3.8, 4) is 0 Å². The van der Waals surface area contributed by atoms with Gasteiger partial charge in [0.1, 0.15) is 11.4 Å². The fraction of sp³-hybridized carbons (Fsp3) is 0.353. The number of alkyl halides is 3. The molecule has 7 nitrogen and oxygen atoms in total. The SMILES string of the molecule is Cn1[nH]c(C(F)(F)F)c(C(=O)Nc2ccc(F)c(C3(C)CCSC(N)=N3)c2)c1=O. The maximum Gasteiger partial charge on any atom is 0.433 e.